The van der Waals surface area contributed by atoms with E-state index in [-0.39, 0.29) is 29.2 Å². The number of nitrogens with zero attached hydrogens (tertiary/aromatic N) is 4. The monoisotopic (exact) mass is 386 g/mol. The number of amides is 1. The van der Waals surface area contributed by atoms with Gasteiger partial charge in [-0.3, -0.25) is 4.79 Å². The van der Waals surface area contributed by atoms with Crippen molar-refractivity contribution in [3.63, 3.8) is 0 Å². The molecule has 0 N–H and O–H groups in total. The third kappa shape index (κ3) is 3.23. The normalized spacial score (nSPS) is 19.6. The number of carbonyl (C=O) groups excluding carboxylic acids is 1. The van der Waals surface area contributed by atoms with E-state index in [1.807, 2.05) is 13.8 Å². The number of hydrogen-bond acceptors (Lipinski definition) is 7. The van der Waals surface area contributed by atoms with Gasteiger partial charge < -0.3 is 4.90 Å². The van der Waals surface area contributed by atoms with Crippen molar-refractivity contribution >= 4 is 38.6 Å². The lowest BCUT2D eigenvalue weighted by atomic mass is 10.2. The molecule has 0 aliphatic carbocycles. The van der Waals surface area contributed by atoms with Crippen molar-refractivity contribution in [3.8, 4) is 0 Å². The summed E-state index contributed by atoms with van der Waals surface area (Å²) in [5.74, 6) is -0.146. The lowest BCUT2D eigenvalue weighted by Crippen LogP contribution is -2.55. The minimum Gasteiger partial charge on any atom is -0.332 e. The molecule has 1 aliphatic heterocycles. The zero-order chi connectivity index (χ0) is 17.3. The van der Waals surface area contributed by atoms with Crippen LogP contribution in [0.15, 0.2) is 21.3 Å². The predicted octanol–water partition coefficient (Wildman–Crippen LogP) is 1.70. The lowest BCUT2D eigenvalue weighted by Gasteiger charge is -2.38. The standard InChI is InChI=1S/C14H18N4O3S3/c1-3-12-15-6-13(23-12)24(20,21)17-4-5-18(10(2)7-17)14(19)11-8-22-9-16-11/h6,8-10H,3-5,7H2,1-2H3/t10-/m0/s1. The fourth-order valence-electron chi connectivity index (χ4n) is 2.61. The van der Waals surface area contributed by atoms with E-state index in [1.165, 1.54) is 33.2 Å². The van der Waals surface area contributed by atoms with Crippen molar-refractivity contribution in [2.45, 2.75) is 30.5 Å². The van der Waals surface area contributed by atoms with E-state index in [0.29, 0.717) is 18.7 Å². The average Bonchev–Trinajstić information content (AvgIpc) is 3.25. The van der Waals surface area contributed by atoms with Crippen LogP contribution in [-0.4, -0.2) is 59.2 Å². The molecule has 0 aromatic carbocycles. The second-order valence-electron chi connectivity index (χ2n) is 5.51. The Morgan fingerprint density at radius 3 is 2.75 bits per heavy atom. The quantitative estimate of drug-likeness (QED) is 0.799. The van der Waals surface area contributed by atoms with Gasteiger partial charge in [0.15, 0.2) is 4.21 Å². The van der Waals surface area contributed by atoms with Crippen LogP contribution in [0.4, 0.5) is 0 Å². The average molecular weight is 387 g/mol. The largest absolute Gasteiger partial charge is 0.332 e. The summed E-state index contributed by atoms with van der Waals surface area (Å²) in [7, 11) is -3.55. The van der Waals surface area contributed by atoms with Gasteiger partial charge in [0, 0.05) is 31.1 Å². The van der Waals surface area contributed by atoms with Crippen LogP contribution in [-0.2, 0) is 16.4 Å². The van der Waals surface area contributed by atoms with Crippen molar-refractivity contribution in [1.29, 1.82) is 0 Å². The van der Waals surface area contributed by atoms with Gasteiger partial charge in [0.05, 0.1) is 16.7 Å². The van der Waals surface area contributed by atoms with Gasteiger partial charge in [0.25, 0.3) is 15.9 Å². The first-order valence-corrected chi connectivity index (χ1v) is 10.8. The molecule has 3 rings (SSSR count). The van der Waals surface area contributed by atoms with Gasteiger partial charge in [-0.2, -0.15) is 4.31 Å². The maximum absolute atomic E-state index is 12.7. The highest BCUT2D eigenvalue weighted by atomic mass is 32.2. The van der Waals surface area contributed by atoms with E-state index in [4.69, 9.17) is 0 Å². The Balaban J connectivity index is 1.74. The molecule has 3 heterocycles. The first kappa shape index (κ1) is 17.5. The SMILES string of the molecule is CCc1ncc(S(=O)(=O)N2CCN(C(=O)c3cscn3)[C@@H](C)C2)s1. The van der Waals surface area contributed by atoms with E-state index in [0.717, 1.165) is 5.01 Å². The Hall–Kier alpha value is -1.36. The highest BCUT2D eigenvalue weighted by Crippen LogP contribution is 2.25. The van der Waals surface area contributed by atoms with E-state index in [9.17, 15) is 13.2 Å². The van der Waals surface area contributed by atoms with Gasteiger partial charge in [-0.1, -0.05) is 6.92 Å². The molecule has 24 heavy (non-hydrogen) atoms. The van der Waals surface area contributed by atoms with Gasteiger partial charge in [0.2, 0.25) is 0 Å². The molecule has 0 spiro atoms. The summed E-state index contributed by atoms with van der Waals surface area (Å²) < 4.78 is 27.2. The second kappa shape index (κ2) is 6.87. The zero-order valence-corrected chi connectivity index (χ0v) is 15.8. The molecule has 1 atom stereocenters. The molecule has 130 valence electrons. The molecule has 1 aliphatic rings. The number of piperazine rings is 1. The molecule has 0 bridgehead atoms. The van der Waals surface area contributed by atoms with Crippen LogP contribution in [0.2, 0.25) is 0 Å². The van der Waals surface area contributed by atoms with Gasteiger partial charge in [0.1, 0.15) is 5.69 Å². The second-order valence-corrected chi connectivity index (χ2v) is 9.51. The molecule has 7 nitrogen and oxygen atoms in total. The number of aryl methyl sites for hydroxylation is 1. The Morgan fingerprint density at radius 1 is 1.38 bits per heavy atom. The highest BCUT2D eigenvalue weighted by molar-refractivity contribution is 7.91. The van der Waals surface area contributed by atoms with Gasteiger partial charge in [-0.25, -0.2) is 18.4 Å². The van der Waals surface area contributed by atoms with E-state index >= 15 is 0 Å². The van der Waals surface area contributed by atoms with E-state index in [2.05, 4.69) is 9.97 Å². The molecule has 1 saturated heterocycles. The molecule has 2 aromatic rings. The van der Waals surface area contributed by atoms with Crippen molar-refractivity contribution in [3.05, 3.63) is 27.8 Å². The summed E-state index contributed by atoms with van der Waals surface area (Å²) in [6, 6.07) is -0.207. The number of carbonyl (C=O) groups is 1. The van der Waals surface area contributed by atoms with Crippen molar-refractivity contribution in [2.75, 3.05) is 19.6 Å². The number of thiazole rings is 2. The number of hydrogen-bond donors (Lipinski definition) is 0. The third-order valence-electron chi connectivity index (χ3n) is 3.93. The maximum atomic E-state index is 12.7. The molecule has 0 unspecified atom stereocenters. The van der Waals surface area contributed by atoms with Crippen LogP contribution in [0.1, 0.15) is 29.3 Å². The molecule has 0 saturated carbocycles. The summed E-state index contributed by atoms with van der Waals surface area (Å²) >= 11 is 2.58. The minimum atomic E-state index is -3.55. The van der Waals surface area contributed by atoms with Gasteiger partial charge >= 0.3 is 0 Å². The summed E-state index contributed by atoms with van der Waals surface area (Å²) in [5, 5.41) is 2.51. The summed E-state index contributed by atoms with van der Waals surface area (Å²) in [5.41, 5.74) is 2.03. The van der Waals surface area contributed by atoms with Crippen LogP contribution in [0.25, 0.3) is 0 Å². The zero-order valence-electron chi connectivity index (χ0n) is 13.4. The molecule has 0 radical (unpaired) electrons. The molecule has 1 fully saturated rings. The molecule has 10 heteroatoms. The molecular formula is C14H18N4O3S3. The molecule has 1 amide bonds. The van der Waals surface area contributed by atoms with E-state index in [1.54, 1.807) is 15.8 Å². The Labute approximate surface area is 149 Å². The maximum Gasteiger partial charge on any atom is 0.273 e. The first-order chi connectivity index (χ1) is 11.4. The van der Waals surface area contributed by atoms with Crippen LogP contribution >= 0.6 is 22.7 Å². The van der Waals surface area contributed by atoms with Gasteiger partial charge in [-0.05, 0) is 13.3 Å². The first-order valence-electron chi connectivity index (χ1n) is 7.57. The lowest BCUT2D eigenvalue weighted by molar-refractivity contribution is 0.0586. The van der Waals surface area contributed by atoms with Crippen molar-refractivity contribution in [1.82, 2.24) is 19.2 Å². The number of aromatic nitrogens is 2. The highest BCUT2D eigenvalue weighted by Gasteiger charge is 2.35. The Kier molecular flexibility index (Phi) is 5.00. The summed E-state index contributed by atoms with van der Waals surface area (Å²) in [4.78, 5) is 22.3. The number of sulfonamides is 1. The van der Waals surface area contributed by atoms with Gasteiger partial charge in [-0.15, -0.1) is 22.7 Å². The summed E-state index contributed by atoms with van der Waals surface area (Å²) in [6.45, 7) is 4.71. The third-order valence-corrected chi connectivity index (χ3v) is 7.96. The number of rotatable bonds is 4. The van der Waals surface area contributed by atoms with Crippen LogP contribution in [0, 0.1) is 0 Å². The topological polar surface area (TPSA) is 83.5 Å². The predicted molar refractivity (Wildman–Crippen MR) is 92.9 cm³/mol. The summed E-state index contributed by atoms with van der Waals surface area (Å²) in [6.07, 6.45) is 2.14. The fourth-order valence-corrected chi connectivity index (χ4v) is 5.93. The van der Waals surface area contributed by atoms with Crippen LogP contribution in [0.5, 0.6) is 0 Å². The van der Waals surface area contributed by atoms with Crippen LogP contribution in [0.3, 0.4) is 0 Å². The minimum absolute atomic E-state index is 0.146. The van der Waals surface area contributed by atoms with Crippen molar-refractivity contribution in [2.24, 2.45) is 0 Å². The molecule has 2 aromatic heterocycles. The van der Waals surface area contributed by atoms with E-state index < -0.39 is 10.0 Å². The smallest absolute Gasteiger partial charge is 0.273 e. The Bertz CT molecular complexity index is 816. The van der Waals surface area contributed by atoms with Crippen molar-refractivity contribution < 1.29 is 13.2 Å². The molecular weight excluding hydrogens is 368 g/mol. The fraction of sp³-hybridized carbons (Fsp3) is 0.500. The van der Waals surface area contributed by atoms with Crippen LogP contribution < -0.4 is 0 Å². The Morgan fingerprint density at radius 2 is 2.17 bits per heavy atom.